The van der Waals surface area contributed by atoms with Crippen molar-refractivity contribution >= 4 is 0 Å². The molecule has 21 heavy (non-hydrogen) atoms. The van der Waals surface area contributed by atoms with Gasteiger partial charge in [0.2, 0.25) is 0 Å². The van der Waals surface area contributed by atoms with Crippen molar-refractivity contribution < 1.29 is 9.47 Å². The zero-order valence-corrected chi connectivity index (χ0v) is 13.3. The smallest absolute Gasteiger partial charge is 0.123 e. The van der Waals surface area contributed by atoms with Gasteiger partial charge in [-0.3, -0.25) is 4.90 Å². The summed E-state index contributed by atoms with van der Waals surface area (Å²) in [5.74, 6) is 1.04. The Kier molecular flexibility index (Phi) is 4.51. The molecule has 1 aromatic rings. The highest BCUT2D eigenvalue weighted by molar-refractivity contribution is 5.33. The number of rotatable bonds is 5. The van der Waals surface area contributed by atoms with E-state index >= 15 is 0 Å². The number of methoxy groups -OCH3 is 1. The maximum absolute atomic E-state index is 5.74. The van der Waals surface area contributed by atoms with E-state index in [0.29, 0.717) is 11.5 Å². The van der Waals surface area contributed by atoms with Crippen LogP contribution < -0.4 is 4.74 Å². The molecule has 0 radical (unpaired) electrons. The lowest BCUT2D eigenvalue weighted by atomic mass is 9.61. The van der Waals surface area contributed by atoms with Crippen molar-refractivity contribution in [2.24, 2.45) is 5.41 Å². The molecule has 0 N–H and O–H groups in total. The van der Waals surface area contributed by atoms with E-state index in [1.807, 2.05) is 14.0 Å². The third-order valence-corrected chi connectivity index (χ3v) is 5.39. The molecule has 1 saturated heterocycles. The van der Waals surface area contributed by atoms with E-state index in [1.165, 1.54) is 44.3 Å². The van der Waals surface area contributed by atoms with Gasteiger partial charge in [-0.2, -0.15) is 0 Å². The first kappa shape index (κ1) is 14.9. The Balaban J connectivity index is 1.58. The molecule has 3 rings (SSSR count). The number of nitrogens with zero attached hydrogens (tertiary/aromatic N) is 1. The Morgan fingerprint density at radius 3 is 2.57 bits per heavy atom. The first-order valence-electron chi connectivity index (χ1n) is 8.23. The van der Waals surface area contributed by atoms with E-state index in [1.54, 1.807) is 0 Å². The van der Waals surface area contributed by atoms with Crippen LogP contribution in [0.2, 0.25) is 0 Å². The minimum absolute atomic E-state index is 0.491. The summed E-state index contributed by atoms with van der Waals surface area (Å²) < 4.78 is 11.4. The average Bonchev–Trinajstić information content (AvgIpc) is 2.50. The Morgan fingerprint density at radius 2 is 1.95 bits per heavy atom. The molecule has 2 fully saturated rings. The van der Waals surface area contributed by atoms with E-state index in [0.717, 1.165) is 18.9 Å². The summed E-state index contributed by atoms with van der Waals surface area (Å²) in [6.45, 7) is 6.14. The monoisotopic (exact) mass is 289 g/mol. The molecule has 0 amide bonds. The van der Waals surface area contributed by atoms with Crippen LogP contribution in [0.4, 0.5) is 0 Å². The second kappa shape index (κ2) is 6.37. The van der Waals surface area contributed by atoms with Gasteiger partial charge in [-0.05, 0) is 57.2 Å². The van der Waals surface area contributed by atoms with Gasteiger partial charge in [-0.1, -0.05) is 18.2 Å². The lowest BCUT2D eigenvalue weighted by Gasteiger charge is -2.53. The highest BCUT2D eigenvalue weighted by Crippen LogP contribution is 2.50. The van der Waals surface area contributed by atoms with Crippen LogP contribution in [0.15, 0.2) is 24.3 Å². The van der Waals surface area contributed by atoms with Crippen molar-refractivity contribution in [3.63, 3.8) is 0 Å². The summed E-state index contributed by atoms with van der Waals surface area (Å²) >= 11 is 0. The standard InChI is InChI=1S/C18H27NO2/c1-3-21-16-7-5-4-6-15(16)14-19-12-10-18(11-13-19)9-8-17(18)20-2/h4-7,17H,3,8-14H2,1-2H3. The summed E-state index contributed by atoms with van der Waals surface area (Å²) in [5, 5.41) is 0. The largest absolute Gasteiger partial charge is 0.494 e. The van der Waals surface area contributed by atoms with Gasteiger partial charge in [0.05, 0.1) is 12.7 Å². The quantitative estimate of drug-likeness (QED) is 0.828. The predicted octanol–water partition coefficient (Wildman–Crippen LogP) is 3.48. The molecule has 116 valence electrons. The number of likely N-dealkylation sites (tertiary alicyclic amines) is 1. The van der Waals surface area contributed by atoms with Crippen molar-refractivity contribution in [2.75, 3.05) is 26.8 Å². The number of hydrogen-bond acceptors (Lipinski definition) is 3. The first-order valence-corrected chi connectivity index (χ1v) is 8.23. The number of piperidine rings is 1. The van der Waals surface area contributed by atoms with Crippen molar-refractivity contribution in [3.8, 4) is 5.75 Å². The fourth-order valence-electron chi connectivity index (χ4n) is 3.94. The van der Waals surface area contributed by atoms with Crippen LogP contribution in [0, 0.1) is 5.41 Å². The minimum Gasteiger partial charge on any atom is -0.494 e. The van der Waals surface area contributed by atoms with Gasteiger partial charge in [-0.15, -0.1) is 0 Å². The molecule has 1 unspecified atom stereocenters. The topological polar surface area (TPSA) is 21.7 Å². The van der Waals surface area contributed by atoms with Crippen molar-refractivity contribution in [2.45, 2.75) is 45.3 Å². The number of benzene rings is 1. The van der Waals surface area contributed by atoms with Crippen LogP contribution in [0.1, 0.15) is 38.2 Å². The molecule has 3 heteroatoms. The molecule has 3 nitrogen and oxygen atoms in total. The average molecular weight is 289 g/mol. The fraction of sp³-hybridized carbons (Fsp3) is 0.667. The number of hydrogen-bond donors (Lipinski definition) is 0. The van der Waals surface area contributed by atoms with Crippen LogP contribution in [0.3, 0.4) is 0 Å². The molecule has 1 heterocycles. The van der Waals surface area contributed by atoms with Crippen molar-refractivity contribution in [3.05, 3.63) is 29.8 Å². The van der Waals surface area contributed by atoms with Crippen LogP contribution in [0.25, 0.3) is 0 Å². The molecule has 2 aliphatic rings. The lowest BCUT2D eigenvalue weighted by Crippen LogP contribution is -2.52. The normalized spacial score (nSPS) is 24.8. The molecule has 1 atom stereocenters. The summed E-state index contributed by atoms with van der Waals surface area (Å²) in [6.07, 6.45) is 5.68. The van der Waals surface area contributed by atoms with Crippen LogP contribution in [-0.2, 0) is 11.3 Å². The molecule has 0 aromatic heterocycles. The van der Waals surface area contributed by atoms with Crippen molar-refractivity contribution in [1.29, 1.82) is 0 Å². The minimum atomic E-state index is 0.491. The molecule has 1 aliphatic carbocycles. The number of para-hydroxylation sites is 1. The molecular formula is C18H27NO2. The molecular weight excluding hydrogens is 262 g/mol. The summed E-state index contributed by atoms with van der Waals surface area (Å²) in [7, 11) is 1.87. The number of ether oxygens (including phenoxy) is 2. The fourth-order valence-corrected chi connectivity index (χ4v) is 3.94. The van der Waals surface area contributed by atoms with Crippen molar-refractivity contribution in [1.82, 2.24) is 4.90 Å². The molecule has 1 aromatic carbocycles. The summed E-state index contributed by atoms with van der Waals surface area (Å²) in [5.41, 5.74) is 1.80. The molecule has 1 spiro atoms. The van der Waals surface area contributed by atoms with Gasteiger partial charge >= 0.3 is 0 Å². The summed E-state index contributed by atoms with van der Waals surface area (Å²) in [6, 6.07) is 8.43. The Labute approximate surface area is 128 Å². The zero-order valence-electron chi connectivity index (χ0n) is 13.3. The predicted molar refractivity (Wildman–Crippen MR) is 84.6 cm³/mol. The summed E-state index contributed by atoms with van der Waals surface area (Å²) in [4.78, 5) is 2.56. The Morgan fingerprint density at radius 1 is 1.19 bits per heavy atom. The zero-order chi connectivity index (χ0) is 14.7. The van der Waals surface area contributed by atoms with E-state index in [4.69, 9.17) is 9.47 Å². The highest BCUT2D eigenvalue weighted by Gasteiger charge is 2.48. The van der Waals surface area contributed by atoms with Gasteiger partial charge in [-0.25, -0.2) is 0 Å². The van der Waals surface area contributed by atoms with E-state index < -0.39 is 0 Å². The van der Waals surface area contributed by atoms with Crippen LogP contribution in [0.5, 0.6) is 5.75 Å². The van der Waals surface area contributed by atoms with E-state index in [9.17, 15) is 0 Å². The Hall–Kier alpha value is -1.06. The van der Waals surface area contributed by atoms with Gasteiger partial charge < -0.3 is 9.47 Å². The highest BCUT2D eigenvalue weighted by atomic mass is 16.5. The van der Waals surface area contributed by atoms with Crippen LogP contribution >= 0.6 is 0 Å². The van der Waals surface area contributed by atoms with Gasteiger partial charge in [0.15, 0.2) is 0 Å². The maximum atomic E-state index is 5.74. The Bertz CT molecular complexity index is 464. The molecule has 0 bridgehead atoms. The second-order valence-corrected chi connectivity index (χ2v) is 6.44. The third kappa shape index (κ3) is 2.95. The lowest BCUT2D eigenvalue weighted by molar-refractivity contribution is -0.120. The maximum Gasteiger partial charge on any atom is 0.123 e. The van der Waals surface area contributed by atoms with E-state index in [-0.39, 0.29) is 0 Å². The second-order valence-electron chi connectivity index (χ2n) is 6.44. The van der Waals surface area contributed by atoms with Gasteiger partial charge in [0, 0.05) is 19.2 Å². The van der Waals surface area contributed by atoms with Gasteiger partial charge in [0.25, 0.3) is 0 Å². The SMILES string of the molecule is CCOc1ccccc1CN1CCC2(CCC2OC)CC1. The van der Waals surface area contributed by atoms with Gasteiger partial charge in [0.1, 0.15) is 5.75 Å². The molecule has 1 saturated carbocycles. The first-order chi connectivity index (χ1) is 10.3. The third-order valence-electron chi connectivity index (χ3n) is 5.39. The molecule has 1 aliphatic heterocycles. The van der Waals surface area contributed by atoms with Crippen LogP contribution in [-0.4, -0.2) is 37.8 Å². The van der Waals surface area contributed by atoms with E-state index in [2.05, 4.69) is 29.2 Å².